The lowest BCUT2D eigenvalue weighted by Gasteiger charge is -2.30. The van der Waals surface area contributed by atoms with Gasteiger partial charge in [0.25, 0.3) is 0 Å². The van der Waals surface area contributed by atoms with Gasteiger partial charge < -0.3 is 4.90 Å². The third-order valence-corrected chi connectivity index (χ3v) is 6.27. The van der Waals surface area contributed by atoms with Crippen LogP contribution in [-0.2, 0) is 13.0 Å². The van der Waals surface area contributed by atoms with Crippen LogP contribution in [0.4, 0.5) is 5.82 Å². The topological polar surface area (TPSA) is 54.8 Å². The Morgan fingerprint density at radius 2 is 1.80 bits per heavy atom. The minimum atomic E-state index is 0.672. The maximum atomic E-state index is 6.24. The quantitative estimate of drug-likeness (QED) is 0.463. The zero-order valence-electron chi connectivity index (χ0n) is 16.4. The molecular formula is C24H20ClN5. The summed E-state index contributed by atoms with van der Waals surface area (Å²) < 4.78 is 0. The average Bonchev–Trinajstić information content (AvgIpc) is 3.63. The number of aromatic nitrogens is 4. The van der Waals surface area contributed by atoms with Crippen molar-refractivity contribution in [3.63, 3.8) is 0 Å². The van der Waals surface area contributed by atoms with Gasteiger partial charge in [0.2, 0.25) is 0 Å². The van der Waals surface area contributed by atoms with Crippen molar-refractivity contribution in [1.29, 1.82) is 0 Å². The minimum absolute atomic E-state index is 0.672. The van der Waals surface area contributed by atoms with Crippen LogP contribution in [0.2, 0.25) is 5.02 Å². The number of benzene rings is 1. The molecule has 4 heterocycles. The number of hydrogen-bond acceptors (Lipinski definition) is 5. The Bertz CT molecular complexity index is 1250. The summed E-state index contributed by atoms with van der Waals surface area (Å²) in [4.78, 5) is 20.7. The van der Waals surface area contributed by atoms with E-state index in [0.29, 0.717) is 10.9 Å². The van der Waals surface area contributed by atoms with E-state index in [0.717, 1.165) is 53.1 Å². The van der Waals surface area contributed by atoms with Gasteiger partial charge in [0.1, 0.15) is 12.1 Å². The lowest BCUT2D eigenvalue weighted by Crippen LogP contribution is -2.31. The number of hydrogen-bond donors (Lipinski definition) is 0. The first kappa shape index (κ1) is 17.8. The van der Waals surface area contributed by atoms with Crippen LogP contribution in [0.1, 0.15) is 35.7 Å². The van der Waals surface area contributed by atoms with Crippen LogP contribution in [0.3, 0.4) is 0 Å². The summed E-state index contributed by atoms with van der Waals surface area (Å²) in [5.41, 5.74) is 6.74. The zero-order valence-corrected chi connectivity index (χ0v) is 17.2. The highest BCUT2D eigenvalue weighted by Gasteiger charge is 2.25. The van der Waals surface area contributed by atoms with Gasteiger partial charge in [-0.05, 0) is 48.7 Å². The number of halogens is 1. The van der Waals surface area contributed by atoms with Crippen molar-refractivity contribution in [2.45, 2.75) is 31.7 Å². The summed E-state index contributed by atoms with van der Waals surface area (Å²) in [5.74, 6) is 1.60. The van der Waals surface area contributed by atoms with E-state index in [4.69, 9.17) is 16.6 Å². The van der Waals surface area contributed by atoms with Crippen LogP contribution in [0.25, 0.3) is 22.0 Å². The average molecular weight is 414 g/mol. The van der Waals surface area contributed by atoms with Crippen molar-refractivity contribution in [2.24, 2.45) is 0 Å². The molecule has 1 aromatic carbocycles. The summed E-state index contributed by atoms with van der Waals surface area (Å²) in [6, 6.07) is 12.3. The number of anilines is 1. The van der Waals surface area contributed by atoms with Gasteiger partial charge in [-0.1, -0.05) is 17.7 Å². The summed E-state index contributed by atoms with van der Waals surface area (Å²) in [6.45, 7) is 1.64. The van der Waals surface area contributed by atoms with E-state index >= 15 is 0 Å². The van der Waals surface area contributed by atoms with Gasteiger partial charge in [-0.3, -0.25) is 9.97 Å². The minimum Gasteiger partial charge on any atom is -0.351 e. The number of nitrogens with zero attached hydrogens (tertiary/aromatic N) is 5. The first-order valence-electron chi connectivity index (χ1n) is 10.3. The van der Waals surface area contributed by atoms with Gasteiger partial charge in [-0.2, -0.15) is 0 Å². The molecule has 1 aliphatic carbocycles. The lowest BCUT2D eigenvalue weighted by molar-refractivity contribution is 0.705. The molecule has 0 atom stereocenters. The molecule has 0 unspecified atom stereocenters. The van der Waals surface area contributed by atoms with Gasteiger partial charge >= 0.3 is 0 Å². The maximum absolute atomic E-state index is 6.24. The van der Waals surface area contributed by atoms with Crippen LogP contribution < -0.4 is 4.90 Å². The monoisotopic (exact) mass is 413 g/mol. The van der Waals surface area contributed by atoms with Crippen LogP contribution in [0.5, 0.6) is 0 Å². The molecule has 3 aromatic heterocycles. The summed E-state index contributed by atoms with van der Waals surface area (Å²) >= 11 is 6.24. The molecule has 30 heavy (non-hydrogen) atoms. The molecule has 0 bridgehead atoms. The molecule has 0 saturated heterocycles. The van der Waals surface area contributed by atoms with Crippen LogP contribution in [0, 0.1) is 0 Å². The summed E-state index contributed by atoms with van der Waals surface area (Å²) in [5, 5.41) is 1.68. The molecule has 5 nitrogen and oxygen atoms in total. The number of rotatable bonds is 3. The SMILES string of the molecule is Clc1ccc2ncnc(N3CCc4ncc(-c5ccc(C6CC6)nc5)cc4C3)c2c1. The van der Waals surface area contributed by atoms with E-state index in [9.17, 15) is 0 Å². The molecule has 0 spiro atoms. The van der Waals surface area contributed by atoms with Gasteiger partial charge in [-0.15, -0.1) is 0 Å². The van der Waals surface area contributed by atoms with E-state index in [-0.39, 0.29) is 0 Å². The number of pyridine rings is 2. The van der Waals surface area contributed by atoms with Gasteiger partial charge in [0, 0.05) is 70.7 Å². The highest BCUT2D eigenvalue weighted by atomic mass is 35.5. The fourth-order valence-electron chi connectivity index (χ4n) is 4.23. The summed E-state index contributed by atoms with van der Waals surface area (Å²) in [7, 11) is 0. The fraction of sp³-hybridized carbons (Fsp3) is 0.250. The Kier molecular flexibility index (Phi) is 4.16. The Labute approximate surface area is 179 Å². The molecule has 148 valence electrons. The molecule has 0 amide bonds. The summed E-state index contributed by atoms with van der Waals surface area (Å²) in [6.07, 6.45) is 9.01. The van der Waals surface area contributed by atoms with Crippen molar-refractivity contribution in [2.75, 3.05) is 11.4 Å². The molecule has 1 fully saturated rings. The highest BCUT2D eigenvalue weighted by Crippen LogP contribution is 2.39. The van der Waals surface area contributed by atoms with Gasteiger partial charge in [0.15, 0.2) is 0 Å². The van der Waals surface area contributed by atoms with E-state index < -0.39 is 0 Å². The van der Waals surface area contributed by atoms with Crippen molar-refractivity contribution >= 4 is 28.3 Å². The molecule has 2 aliphatic rings. The molecule has 0 radical (unpaired) electrons. The zero-order chi connectivity index (χ0) is 20.1. The van der Waals surface area contributed by atoms with Crippen molar-refractivity contribution < 1.29 is 0 Å². The van der Waals surface area contributed by atoms with Crippen molar-refractivity contribution in [1.82, 2.24) is 19.9 Å². The second-order valence-corrected chi connectivity index (χ2v) is 8.54. The molecule has 1 saturated carbocycles. The molecule has 6 rings (SSSR count). The Hall–Kier alpha value is -3.05. The van der Waals surface area contributed by atoms with Crippen molar-refractivity contribution in [3.8, 4) is 11.1 Å². The third kappa shape index (κ3) is 3.19. The van der Waals surface area contributed by atoms with Crippen LogP contribution in [-0.4, -0.2) is 26.5 Å². The largest absolute Gasteiger partial charge is 0.351 e. The van der Waals surface area contributed by atoms with Gasteiger partial charge in [-0.25, -0.2) is 9.97 Å². The van der Waals surface area contributed by atoms with Gasteiger partial charge in [0.05, 0.1) is 5.52 Å². The second kappa shape index (κ2) is 7.03. The normalized spacial score (nSPS) is 16.0. The standard InChI is InChI=1S/C24H20ClN5/c25-19-4-6-23-20(10-19)24(29-14-28-23)30-8-7-22-18(13-30)9-17(12-27-22)16-3-5-21(26-11-16)15-1-2-15/h3-6,9-12,14-15H,1-2,7-8,13H2. The second-order valence-electron chi connectivity index (χ2n) is 8.11. The predicted molar refractivity (Wildman–Crippen MR) is 119 cm³/mol. The van der Waals surface area contributed by atoms with Crippen LogP contribution >= 0.6 is 11.6 Å². The maximum Gasteiger partial charge on any atom is 0.140 e. The third-order valence-electron chi connectivity index (χ3n) is 6.03. The van der Waals surface area contributed by atoms with E-state index in [2.05, 4.69) is 38.1 Å². The van der Waals surface area contributed by atoms with E-state index in [1.165, 1.54) is 24.1 Å². The Morgan fingerprint density at radius 1 is 0.900 bits per heavy atom. The van der Waals surface area contributed by atoms with Crippen LogP contribution in [0.15, 0.2) is 55.1 Å². The molecule has 0 N–H and O–H groups in total. The Morgan fingerprint density at radius 3 is 2.63 bits per heavy atom. The molecular weight excluding hydrogens is 394 g/mol. The smallest absolute Gasteiger partial charge is 0.140 e. The molecule has 1 aliphatic heterocycles. The first-order valence-corrected chi connectivity index (χ1v) is 10.7. The first-order chi connectivity index (χ1) is 14.7. The fourth-order valence-corrected chi connectivity index (χ4v) is 4.40. The Balaban J connectivity index is 1.33. The predicted octanol–water partition coefficient (Wildman–Crippen LogP) is 5.18. The lowest BCUT2D eigenvalue weighted by atomic mass is 10.0. The van der Waals surface area contributed by atoms with Crippen molar-refractivity contribution in [3.05, 3.63) is 77.1 Å². The highest BCUT2D eigenvalue weighted by molar-refractivity contribution is 6.31. The van der Waals surface area contributed by atoms with E-state index in [1.807, 2.05) is 30.6 Å². The molecule has 6 heteroatoms. The van der Waals surface area contributed by atoms with E-state index in [1.54, 1.807) is 6.33 Å². The molecule has 4 aromatic rings. The number of fused-ring (bicyclic) bond motifs is 2.